The first-order valence-corrected chi connectivity index (χ1v) is 9.00. The largest absolute Gasteiger partial charge is 0.444 e. The Morgan fingerprint density at radius 1 is 1.28 bits per heavy atom. The van der Waals surface area contributed by atoms with Gasteiger partial charge in [0, 0.05) is 31.4 Å². The molecule has 1 aromatic rings. The van der Waals surface area contributed by atoms with Gasteiger partial charge in [-0.15, -0.1) is 0 Å². The molecule has 138 valence electrons. The second-order valence-electron chi connectivity index (χ2n) is 7.31. The zero-order valence-electron chi connectivity index (χ0n) is 15.2. The number of nitrogens with two attached hydrogens (primary N) is 1. The van der Waals surface area contributed by atoms with Crippen molar-refractivity contribution in [2.24, 2.45) is 5.73 Å². The van der Waals surface area contributed by atoms with Crippen LogP contribution < -0.4 is 16.4 Å². The summed E-state index contributed by atoms with van der Waals surface area (Å²) < 4.78 is 5.42. The van der Waals surface area contributed by atoms with Crippen LogP contribution in [0.4, 0.5) is 10.5 Å². The lowest BCUT2D eigenvalue weighted by atomic mass is 10.0. The van der Waals surface area contributed by atoms with Crippen molar-refractivity contribution in [2.75, 3.05) is 18.4 Å². The highest BCUT2D eigenvalue weighted by Gasteiger charge is 2.26. The fourth-order valence-corrected chi connectivity index (χ4v) is 2.82. The standard InChI is InChI=1S/C18H28N4O2S/c1-18(2,3)24-17(23)22-10-8-14(9-11-22)20-12-13-4-6-15(7-5-13)21-16(19)25/h4-7,14,20H,8-12H2,1-3H3,(H3,19,21,25). The summed E-state index contributed by atoms with van der Waals surface area (Å²) in [4.78, 5) is 13.9. The van der Waals surface area contributed by atoms with E-state index in [2.05, 4.69) is 10.6 Å². The maximum absolute atomic E-state index is 12.1. The number of carbonyl (C=O) groups excluding carboxylic acids is 1. The molecule has 0 bridgehead atoms. The Labute approximate surface area is 155 Å². The fraction of sp³-hybridized carbons (Fsp3) is 0.556. The maximum Gasteiger partial charge on any atom is 0.410 e. The SMILES string of the molecule is CC(C)(C)OC(=O)N1CCC(NCc2ccc(NC(N)=S)cc2)CC1. The molecule has 1 heterocycles. The molecule has 2 rings (SSSR count). The van der Waals surface area contributed by atoms with Crippen LogP contribution in [0.5, 0.6) is 0 Å². The van der Waals surface area contributed by atoms with E-state index < -0.39 is 5.60 Å². The van der Waals surface area contributed by atoms with Crippen LogP contribution in [-0.2, 0) is 11.3 Å². The predicted molar refractivity (Wildman–Crippen MR) is 105 cm³/mol. The van der Waals surface area contributed by atoms with E-state index in [0.29, 0.717) is 6.04 Å². The van der Waals surface area contributed by atoms with Crippen LogP contribution in [0.25, 0.3) is 0 Å². The van der Waals surface area contributed by atoms with E-state index in [1.54, 1.807) is 4.90 Å². The summed E-state index contributed by atoms with van der Waals surface area (Å²) in [6.07, 6.45) is 1.65. The Morgan fingerprint density at radius 3 is 2.40 bits per heavy atom. The number of piperidine rings is 1. The van der Waals surface area contributed by atoms with Gasteiger partial charge in [-0.05, 0) is 63.5 Å². The Morgan fingerprint density at radius 2 is 1.88 bits per heavy atom. The van der Waals surface area contributed by atoms with Crippen LogP contribution in [0.3, 0.4) is 0 Å². The normalized spacial score (nSPS) is 15.7. The molecule has 0 aromatic heterocycles. The van der Waals surface area contributed by atoms with Gasteiger partial charge in [-0.1, -0.05) is 12.1 Å². The minimum absolute atomic E-state index is 0.216. The summed E-state index contributed by atoms with van der Waals surface area (Å²) in [6, 6.07) is 8.42. The molecule has 0 unspecified atom stereocenters. The van der Waals surface area contributed by atoms with Crippen molar-refractivity contribution in [3.8, 4) is 0 Å². The van der Waals surface area contributed by atoms with Gasteiger partial charge in [0.05, 0.1) is 0 Å². The minimum Gasteiger partial charge on any atom is -0.444 e. The van der Waals surface area contributed by atoms with E-state index in [1.165, 1.54) is 5.56 Å². The topological polar surface area (TPSA) is 79.6 Å². The molecular weight excluding hydrogens is 336 g/mol. The van der Waals surface area contributed by atoms with Crippen molar-refractivity contribution < 1.29 is 9.53 Å². The highest BCUT2D eigenvalue weighted by atomic mass is 32.1. The summed E-state index contributed by atoms with van der Waals surface area (Å²) in [5.41, 5.74) is 7.10. The number of rotatable bonds is 4. The molecule has 1 fully saturated rings. The number of hydrogen-bond donors (Lipinski definition) is 3. The molecule has 1 saturated heterocycles. The van der Waals surface area contributed by atoms with Crippen LogP contribution in [0.2, 0.25) is 0 Å². The van der Waals surface area contributed by atoms with E-state index in [4.69, 9.17) is 22.7 Å². The van der Waals surface area contributed by atoms with Gasteiger partial charge >= 0.3 is 6.09 Å². The Balaban J connectivity index is 1.73. The molecule has 0 aliphatic carbocycles. The molecule has 1 aliphatic rings. The first-order valence-electron chi connectivity index (χ1n) is 8.59. The summed E-state index contributed by atoms with van der Waals surface area (Å²) in [5, 5.41) is 6.73. The Hall–Kier alpha value is -1.86. The maximum atomic E-state index is 12.1. The smallest absolute Gasteiger partial charge is 0.410 e. The van der Waals surface area contributed by atoms with Gasteiger partial charge in [0.2, 0.25) is 0 Å². The number of thiocarbonyl (C=S) groups is 1. The van der Waals surface area contributed by atoms with Gasteiger partial charge in [0.15, 0.2) is 5.11 Å². The van der Waals surface area contributed by atoms with Crippen molar-refractivity contribution in [1.82, 2.24) is 10.2 Å². The molecular formula is C18H28N4O2S. The molecule has 1 amide bonds. The number of anilines is 1. The highest BCUT2D eigenvalue weighted by molar-refractivity contribution is 7.80. The third-order valence-electron chi connectivity index (χ3n) is 3.96. The van der Waals surface area contributed by atoms with E-state index in [9.17, 15) is 4.79 Å². The average molecular weight is 365 g/mol. The van der Waals surface area contributed by atoms with Gasteiger partial charge in [-0.3, -0.25) is 0 Å². The van der Waals surface area contributed by atoms with E-state index in [-0.39, 0.29) is 11.2 Å². The molecule has 0 saturated carbocycles. The molecule has 6 nitrogen and oxygen atoms in total. The number of benzene rings is 1. The van der Waals surface area contributed by atoms with Crippen molar-refractivity contribution >= 4 is 29.1 Å². The van der Waals surface area contributed by atoms with Gasteiger partial charge in [-0.25, -0.2) is 4.79 Å². The summed E-state index contributed by atoms with van der Waals surface area (Å²) in [7, 11) is 0. The first kappa shape index (κ1) is 19.5. The van der Waals surface area contributed by atoms with Crippen molar-refractivity contribution in [3.63, 3.8) is 0 Å². The van der Waals surface area contributed by atoms with Gasteiger partial charge in [0.25, 0.3) is 0 Å². The lowest BCUT2D eigenvalue weighted by Crippen LogP contribution is -2.46. The third kappa shape index (κ3) is 6.88. The first-order chi connectivity index (χ1) is 11.7. The zero-order valence-corrected chi connectivity index (χ0v) is 16.0. The van der Waals surface area contributed by atoms with Crippen molar-refractivity contribution in [1.29, 1.82) is 0 Å². The second kappa shape index (κ2) is 8.49. The molecule has 1 aliphatic heterocycles. The van der Waals surface area contributed by atoms with Crippen LogP contribution in [0.1, 0.15) is 39.2 Å². The number of likely N-dealkylation sites (tertiary alicyclic amines) is 1. The van der Waals surface area contributed by atoms with Gasteiger partial charge < -0.3 is 26.0 Å². The van der Waals surface area contributed by atoms with Crippen LogP contribution in [0, 0.1) is 0 Å². The Kier molecular flexibility index (Phi) is 6.61. The molecule has 1 aromatic carbocycles. The van der Waals surface area contributed by atoms with Crippen molar-refractivity contribution in [2.45, 2.75) is 51.8 Å². The van der Waals surface area contributed by atoms with Crippen LogP contribution >= 0.6 is 12.2 Å². The predicted octanol–water partition coefficient (Wildman–Crippen LogP) is 2.83. The Bertz CT molecular complexity index is 590. The monoisotopic (exact) mass is 364 g/mol. The van der Waals surface area contributed by atoms with Gasteiger partial charge in [0.1, 0.15) is 5.60 Å². The number of hydrogen-bond acceptors (Lipinski definition) is 4. The van der Waals surface area contributed by atoms with E-state index >= 15 is 0 Å². The quantitative estimate of drug-likeness (QED) is 0.713. The lowest BCUT2D eigenvalue weighted by molar-refractivity contribution is 0.0198. The number of amides is 1. The average Bonchev–Trinajstić information content (AvgIpc) is 2.52. The number of nitrogens with zero attached hydrogens (tertiary/aromatic N) is 1. The number of nitrogens with one attached hydrogen (secondary N) is 2. The second-order valence-corrected chi connectivity index (χ2v) is 7.75. The van der Waals surface area contributed by atoms with Crippen LogP contribution in [-0.4, -0.2) is 40.8 Å². The minimum atomic E-state index is -0.444. The van der Waals surface area contributed by atoms with Gasteiger partial charge in [-0.2, -0.15) is 0 Å². The zero-order chi connectivity index (χ0) is 18.4. The van der Waals surface area contributed by atoms with Crippen molar-refractivity contribution in [3.05, 3.63) is 29.8 Å². The van der Waals surface area contributed by atoms with E-state index in [0.717, 1.165) is 38.2 Å². The summed E-state index contributed by atoms with van der Waals surface area (Å²) in [5.74, 6) is 0. The fourth-order valence-electron chi connectivity index (χ4n) is 2.70. The number of carbonyl (C=O) groups is 1. The molecule has 7 heteroatoms. The summed E-state index contributed by atoms with van der Waals surface area (Å²) in [6.45, 7) is 7.92. The molecule has 0 radical (unpaired) electrons. The lowest BCUT2D eigenvalue weighted by Gasteiger charge is -2.33. The van der Waals surface area contributed by atoms with Crippen LogP contribution in [0.15, 0.2) is 24.3 Å². The number of ether oxygens (including phenoxy) is 1. The molecule has 0 spiro atoms. The molecule has 25 heavy (non-hydrogen) atoms. The molecule has 0 atom stereocenters. The highest BCUT2D eigenvalue weighted by Crippen LogP contribution is 2.16. The van der Waals surface area contributed by atoms with E-state index in [1.807, 2.05) is 45.0 Å². The molecule has 4 N–H and O–H groups in total. The summed E-state index contributed by atoms with van der Waals surface area (Å²) >= 11 is 4.82. The third-order valence-corrected chi connectivity index (χ3v) is 4.07.